The van der Waals surface area contributed by atoms with Crippen LogP contribution in [0.15, 0.2) is 35.1 Å². The zero-order chi connectivity index (χ0) is 15.4. The number of imidazole rings is 1. The molecule has 7 nitrogen and oxygen atoms in total. The first-order valence-electron chi connectivity index (χ1n) is 7.19. The summed E-state index contributed by atoms with van der Waals surface area (Å²) < 4.78 is 6.89. The van der Waals surface area contributed by atoms with E-state index < -0.39 is 0 Å². The van der Waals surface area contributed by atoms with E-state index in [2.05, 4.69) is 24.8 Å². The quantitative estimate of drug-likeness (QED) is 0.694. The second kappa shape index (κ2) is 6.38. The van der Waals surface area contributed by atoms with Gasteiger partial charge in [-0.3, -0.25) is 4.79 Å². The summed E-state index contributed by atoms with van der Waals surface area (Å²) in [6.45, 7) is 2.29. The number of fused-ring (bicyclic) bond motifs is 1. The van der Waals surface area contributed by atoms with Crippen LogP contribution in [0.4, 0.5) is 0 Å². The summed E-state index contributed by atoms with van der Waals surface area (Å²) in [5, 5.41) is 6.55. The van der Waals surface area contributed by atoms with E-state index in [0.717, 1.165) is 24.2 Å². The van der Waals surface area contributed by atoms with E-state index in [-0.39, 0.29) is 12.3 Å². The second-order valence-corrected chi connectivity index (χ2v) is 5.03. The van der Waals surface area contributed by atoms with Crippen molar-refractivity contribution in [3.63, 3.8) is 0 Å². The number of pyridine rings is 1. The monoisotopic (exact) mass is 299 g/mol. The van der Waals surface area contributed by atoms with Gasteiger partial charge in [-0.25, -0.2) is 4.98 Å². The average Bonchev–Trinajstić information content (AvgIpc) is 3.10. The molecule has 3 rings (SSSR count). The number of nitrogens with zero attached hydrogens (tertiary/aromatic N) is 4. The molecule has 114 valence electrons. The van der Waals surface area contributed by atoms with Gasteiger partial charge in [-0.1, -0.05) is 11.2 Å². The number of nitrogens with one attached hydrogen (secondary N) is 1. The van der Waals surface area contributed by atoms with E-state index in [0.29, 0.717) is 18.3 Å². The van der Waals surface area contributed by atoms with Crippen molar-refractivity contribution < 1.29 is 9.32 Å². The van der Waals surface area contributed by atoms with Gasteiger partial charge in [0, 0.05) is 26.1 Å². The number of amides is 1. The molecule has 1 N–H and O–H groups in total. The Labute approximate surface area is 127 Å². The van der Waals surface area contributed by atoms with E-state index in [9.17, 15) is 4.79 Å². The van der Waals surface area contributed by atoms with Crippen molar-refractivity contribution in [2.45, 2.75) is 26.2 Å². The van der Waals surface area contributed by atoms with Gasteiger partial charge in [0.25, 0.3) is 0 Å². The Morgan fingerprint density at radius 3 is 3.14 bits per heavy atom. The predicted molar refractivity (Wildman–Crippen MR) is 79.3 cm³/mol. The number of aromatic nitrogens is 4. The van der Waals surface area contributed by atoms with Crippen molar-refractivity contribution in [1.29, 1.82) is 0 Å². The zero-order valence-electron chi connectivity index (χ0n) is 12.3. The first-order valence-corrected chi connectivity index (χ1v) is 7.19. The van der Waals surface area contributed by atoms with Gasteiger partial charge in [-0.2, -0.15) is 4.98 Å². The highest BCUT2D eigenvalue weighted by Gasteiger charge is 2.09. The molecule has 0 saturated heterocycles. The molecule has 3 heterocycles. The van der Waals surface area contributed by atoms with Crippen LogP contribution in [0.5, 0.6) is 0 Å². The predicted octanol–water partition coefficient (Wildman–Crippen LogP) is 1.32. The lowest BCUT2D eigenvalue weighted by atomic mass is 10.3. The van der Waals surface area contributed by atoms with Crippen molar-refractivity contribution >= 4 is 11.4 Å². The summed E-state index contributed by atoms with van der Waals surface area (Å²) in [4.78, 5) is 20.1. The van der Waals surface area contributed by atoms with Crippen LogP contribution in [-0.4, -0.2) is 32.0 Å². The third kappa shape index (κ3) is 3.30. The Morgan fingerprint density at radius 2 is 2.32 bits per heavy atom. The summed E-state index contributed by atoms with van der Waals surface area (Å²) in [6.07, 6.45) is 5.62. The highest BCUT2D eigenvalue weighted by atomic mass is 16.5. The van der Waals surface area contributed by atoms with Crippen LogP contribution in [-0.2, 0) is 17.6 Å². The fourth-order valence-corrected chi connectivity index (χ4v) is 2.28. The Morgan fingerprint density at radius 1 is 1.41 bits per heavy atom. The normalized spacial score (nSPS) is 11.0. The molecule has 7 heteroatoms. The van der Waals surface area contributed by atoms with Crippen molar-refractivity contribution in [3.05, 3.63) is 48.1 Å². The van der Waals surface area contributed by atoms with Crippen molar-refractivity contribution in [3.8, 4) is 0 Å². The van der Waals surface area contributed by atoms with Crippen LogP contribution in [0.2, 0.25) is 0 Å². The van der Waals surface area contributed by atoms with Gasteiger partial charge >= 0.3 is 0 Å². The van der Waals surface area contributed by atoms with E-state index in [1.54, 1.807) is 6.92 Å². The highest BCUT2D eigenvalue weighted by Crippen LogP contribution is 2.07. The first kappa shape index (κ1) is 14.2. The molecule has 0 radical (unpaired) electrons. The number of carbonyl (C=O) groups excluding carboxylic acids is 1. The van der Waals surface area contributed by atoms with Gasteiger partial charge in [0.1, 0.15) is 5.82 Å². The number of aryl methyl sites for hydroxylation is 2. The zero-order valence-corrected chi connectivity index (χ0v) is 12.3. The molecule has 3 aromatic heterocycles. The van der Waals surface area contributed by atoms with Crippen molar-refractivity contribution in [1.82, 2.24) is 24.8 Å². The maximum atomic E-state index is 11.7. The molecule has 0 atom stereocenters. The molecular formula is C15H17N5O2. The van der Waals surface area contributed by atoms with E-state index in [4.69, 9.17) is 4.52 Å². The minimum absolute atomic E-state index is 0.103. The van der Waals surface area contributed by atoms with Gasteiger partial charge in [0.2, 0.25) is 11.8 Å². The maximum Gasteiger partial charge on any atom is 0.227 e. The highest BCUT2D eigenvalue weighted by molar-refractivity contribution is 5.77. The molecule has 0 aromatic carbocycles. The molecule has 0 aliphatic carbocycles. The molecular weight excluding hydrogens is 282 g/mol. The van der Waals surface area contributed by atoms with Crippen LogP contribution in [0.25, 0.3) is 5.52 Å². The molecule has 0 saturated carbocycles. The maximum absolute atomic E-state index is 11.7. The number of hydrogen-bond donors (Lipinski definition) is 1. The van der Waals surface area contributed by atoms with E-state index >= 15 is 0 Å². The largest absolute Gasteiger partial charge is 0.356 e. The van der Waals surface area contributed by atoms with Crippen LogP contribution in [0.1, 0.15) is 24.0 Å². The van der Waals surface area contributed by atoms with Gasteiger partial charge in [-0.15, -0.1) is 0 Å². The molecule has 0 spiro atoms. The summed E-state index contributed by atoms with van der Waals surface area (Å²) in [7, 11) is 0. The molecule has 22 heavy (non-hydrogen) atoms. The summed E-state index contributed by atoms with van der Waals surface area (Å²) in [6, 6.07) is 5.98. The molecule has 3 aromatic rings. The summed E-state index contributed by atoms with van der Waals surface area (Å²) >= 11 is 0. The van der Waals surface area contributed by atoms with Crippen LogP contribution in [0.3, 0.4) is 0 Å². The van der Waals surface area contributed by atoms with E-state index in [1.165, 1.54) is 0 Å². The van der Waals surface area contributed by atoms with Crippen LogP contribution < -0.4 is 5.32 Å². The Bertz CT molecular complexity index is 777. The minimum Gasteiger partial charge on any atom is -0.356 e. The lowest BCUT2D eigenvalue weighted by Crippen LogP contribution is -2.26. The third-order valence-corrected chi connectivity index (χ3v) is 3.30. The second-order valence-electron chi connectivity index (χ2n) is 5.03. The number of carbonyl (C=O) groups is 1. The first-order chi connectivity index (χ1) is 10.7. The average molecular weight is 299 g/mol. The molecule has 0 fully saturated rings. The Hall–Kier alpha value is -2.70. The number of hydrogen-bond acceptors (Lipinski definition) is 5. The van der Waals surface area contributed by atoms with Crippen LogP contribution >= 0.6 is 0 Å². The molecule has 0 bridgehead atoms. The van der Waals surface area contributed by atoms with Crippen molar-refractivity contribution in [2.24, 2.45) is 0 Å². The SMILES string of the molecule is Cc1nc(CC(=O)NCCCc2ncc3ccccn23)no1. The number of rotatable bonds is 6. The van der Waals surface area contributed by atoms with Crippen LogP contribution in [0, 0.1) is 6.92 Å². The Kier molecular flexibility index (Phi) is 4.13. The molecule has 1 amide bonds. The summed E-state index contributed by atoms with van der Waals surface area (Å²) in [5.74, 6) is 1.77. The third-order valence-electron chi connectivity index (χ3n) is 3.30. The molecule has 0 unspecified atom stereocenters. The summed E-state index contributed by atoms with van der Waals surface area (Å²) in [5.41, 5.74) is 1.08. The fraction of sp³-hybridized carbons (Fsp3) is 0.333. The fourth-order valence-electron chi connectivity index (χ4n) is 2.28. The van der Waals surface area contributed by atoms with Gasteiger partial charge in [-0.05, 0) is 18.6 Å². The van der Waals surface area contributed by atoms with Gasteiger partial charge in [0.15, 0.2) is 5.82 Å². The lowest BCUT2D eigenvalue weighted by Gasteiger charge is -2.03. The molecule has 0 aliphatic rings. The molecule has 0 aliphatic heterocycles. The van der Waals surface area contributed by atoms with Gasteiger partial charge in [0.05, 0.1) is 18.1 Å². The standard InChI is InChI=1S/C15H17N5O2/c1-11-18-13(19-22-11)9-15(21)16-7-4-6-14-17-10-12-5-2-3-8-20(12)14/h2-3,5,8,10H,4,6-7,9H2,1H3,(H,16,21). The topological polar surface area (TPSA) is 85.3 Å². The van der Waals surface area contributed by atoms with E-state index in [1.807, 2.05) is 30.6 Å². The van der Waals surface area contributed by atoms with Crippen molar-refractivity contribution in [2.75, 3.05) is 6.54 Å². The minimum atomic E-state index is -0.103. The van der Waals surface area contributed by atoms with Gasteiger partial charge < -0.3 is 14.2 Å². The Balaban J connectivity index is 1.44. The lowest BCUT2D eigenvalue weighted by molar-refractivity contribution is -0.120. The smallest absolute Gasteiger partial charge is 0.227 e.